The first-order valence-electron chi connectivity index (χ1n) is 8.46. The van der Waals surface area contributed by atoms with Crippen molar-refractivity contribution in [3.63, 3.8) is 0 Å². The highest BCUT2D eigenvalue weighted by atomic mass is 32.2. The van der Waals surface area contributed by atoms with Crippen molar-refractivity contribution < 1.29 is 13.2 Å². The molecule has 3 rings (SSSR count). The number of nitrogens with zero attached hydrogens (tertiary/aromatic N) is 3. The van der Waals surface area contributed by atoms with Gasteiger partial charge >= 0.3 is 0 Å². The van der Waals surface area contributed by atoms with Crippen molar-refractivity contribution in [1.29, 1.82) is 5.26 Å². The molecule has 25 heavy (non-hydrogen) atoms. The third-order valence-electron chi connectivity index (χ3n) is 4.77. The van der Waals surface area contributed by atoms with Gasteiger partial charge in [-0.25, -0.2) is 8.42 Å². The van der Waals surface area contributed by atoms with Crippen LogP contribution in [-0.2, 0) is 14.8 Å². The van der Waals surface area contributed by atoms with Crippen molar-refractivity contribution in [2.45, 2.75) is 24.2 Å². The molecular weight excluding hydrogens is 338 g/mol. The summed E-state index contributed by atoms with van der Waals surface area (Å²) in [6.45, 7) is 1.30. The lowest BCUT2D eigenvalue weighted by atomic mass is 10.0. The quantitative estimate of drug-likeness (QED) is 0.767. The monoisotopic (exact) mass is 359 g/mol. The van der Waals surface area contributed by atoms with Gasteiger partial charge in [-0.1, -0.05) is 24.3 Å². The van der Waals surface area contributed by atoms with E-state index in [0.717, 1.165) is 12.8 Å². The smallest absolute Gasteiger partial charge is 0.244 e. The Hall–Kier alpha value is -2.17. The zero-order chi connectivity index (χ0) is 17.9. The molecule has 0 N–H and O–H groups in total. The van der Waals surface area contributed by atoms with Crippen LogP contribution in [0.25, 0.3) is 0 Å². The van der Waals surface area contributed by atoms with Crippen molar-refractivity contribution in [3.05, 3.63) is 42.0 Å². The fraction of sp³-hybridized carbons (Fsp3) is 0.444. The molecule has 1 atom stereocenters. The summed E-state index contributed by atoms with van der Waals surface area (Å²) in [7, 11) is -3.71. The Morgan fingerprint density at radius 2 is 1.92 bits per heavy atom. The second-order valence-electron chi connectivity index (χ2n) is 6.36. The molecule has 0 spiro atoms. The third-order valence-corrected chi connectivity index (χ3v) is 6.72. The molecule has 1 saturated heterocycles. The first-order chi connectivity index (χ1) is 12.0. The molecule has 1 aliphatic carbocycles. The van der Waals surface area contributed by atoms with Gasteiger partial charge in [0.05, 0.1) is 10.5 Å². The molecule has 1 amide bonds. The van der Waals surface area contributed by atoms with E-state index in [1.165, 1.54) is 16.4 Å². The standard InChI is InChI=1S/C18H21N3O3S/c19-14-16-7-3-4-8-17(16)25(23,24)21-11-9-20(10-12-21)18(22)13-15-5-1-2-6-15/h1,3-5,7-8,15H,2,6,9-13H2/t15-/m0/s1. The van der Waals surface area contributed by atoms with Gasteiger partial charge in [0.1, 0.15) is 6.07 Å². The van der Waals surface area contributed by atoms with E-state index < -0.39 is 10.0 Å². The predicted molar refractivity (Wildman–Crippen MR) is 93.0 cm³/mol. The lowest BCUT2D eigenvalue weighted by Crippen LogP contribution is -2.50. The van der Waals surface area contributed by atoms with Crippen LogP contribution in [0.3, 0.4) is 0 Å². The summed E-state index contributed by atoms with van der Waals surface area (Å²) in [4.78, 5) is 14.1. The molecule has 0 bridgehead atoms. The molecule has 1 aromatic carbocycles. The number of hydrogen-bond donors (Lipinski definition) is 0. The number of amides is 1. The molecular formula is C18H21N3O3S. The summed E-state index contributed by atoms with van der Waals surface area (Å²) in [5.74, 6) is 0.405. The molecule has 1 aliphatic heterocycles. The average molecular weight is 359 g/mol. The predicted octanol–water partition coefficient (Wildman–Crippen LogP) is 1.75. The highest BCUT2D eigenvalue weighted by Crippen LogP contribution is 2.23. The van der Waals surface area contributed by atoms with Crippen LogP contribution in [0.4, 0.5) is 0 Å². The maximum atomic E-state index is 12.8. The van der Waals surface area contributed by atoms with Gasteiger partial charge in [0.25, 0.3) is 0 Å². The fourth-order valence-electron chi connectivity index (χ4n) is 3.32. The van der Waals surface area contributed by atoms with Gasteiger partial charge < -0.3 is 4.90 Å². The first-order valence-corrected chi connectivity index (χ1v) is 9.90. The number of carbonyl (C=O) groups excluding carboxylic acids is 1. The van der Waals surface area contributed by atoms with Crippen molar-refractivity contribution in [2.75, 3.05) is 26.2 Å². The summed E-state index contributed by atoms with van der Waals surface area (Å²) in [5, 5.41) is 9.14. The van der Waals surface area contributed by atoms with Crippen LogP contribution in [0.2, 0.25) is 0 Å². The van der Waals surface area contributed by atoms with E-state index >= 15 is 0 Å². The van der Waals surface area contributed by atoms with Crippen LogP contribution in [-0.4, -0.2) is 49.7 Å². The SMILES string of the molecule is N#Cc1ccccc1S(=O)(=O)N1CCN(C(=O)C[C@H]2C=CCC2)CC1. The van der Waals surface area contributed by atoms with Gasteiger partial charge in [-0.3, -0.25) is 4.79 Å². The maximum absolute atomic E-state index is 12.8. The number of rotatable bonds is 4. The van der Waals surface area contributed by atoms with E-state index in [9.17, 15) is 13.2 Å². The van der Waals surface area contributed by atoms with E-state index in [1.807, 2.05) is 6.07 Å². The zero-order valence-electron chi connectivity index (χ0n) is 14.0. The fourth-order valence-corrected chi connectivity index (χ4v) is 4.88. The van der Waals surface area contributed by atoms with Gasteiger partial charge in [0.2, 0.25) is 15.9 Å². The molecule has 0 radical (unpaired) electrons. The number of piperazine rings is 1. The molecule has 1 heterocycles. The lowest BCUT2D eigenvalue weighted by molar-refractivity contribution is -0.133. The number of allylic oxidation sites excluding steroid dienone is 2. The lowest BCUT2D eigenvalue weighted by Gasteiger charge is -2.34. The molecule has 1 aromatic rings. The molecule has 0 saturated carbocycles. The van der Waals surface area contributed by atoms with Crippen LogP contribution < -0.4 is 0 Å². The van der Waals surface area contributed by atoms with E-state index in [1.54, 1.807) is 17.0 Å². The Kier molecular flexibility index (Phi) is 5.21. The number of nitriles is 1. The number of hydrogen-bond acceptors (Lipinski definition) is 4. The summed E-state index contributed by atoms with van der Waals surface area (Å²) < 4.78 is 26.9. The molecule has 0 aromatic heterocycles. The van der Waals surface area contributed by atoms with Gasteiger partial charge in [0.15, 0.2) is 0 Å². The topological polar surface area (TPSA) is 81.5 Å². The molecule has 2 aliphatic rings. The van der Waals surface area contributed by atoms with Crippen LogP contribution in [0, 0.1) is 17.2 Å². The third kappa shape index (κ3) is 3.75. The van der Waals surface area contributed by atoms with E-state index in [2.05, 4.69) is 12.2 Å². The molecule has 1 fully saturated rings. The van der Waals surface area contributed by atoms with Gasteiger partial charge in [-0.05, 0) is 30.9 Å². The molecule has 132 valence electrons. The minimum absolute atomic E-state index is 0.0355. The Bertz CT molecular complexity index is 818. The Balaban J connectivity index is 1.64. The maximum Gasteiger partial charge on any atom is 0.244 e. The zero-order valence-corrected chi connectivity index (χ0v) is 14.8. The van der Waals surface area contributed by atoms with E-state index in [-0.39, 0.29) is 29.5 Å². The first kappa shape index (κ1) is 17.6. The van der Waals surface area contributed by atoms with Crippen LogP contribution in [0.15, 0.2) is 41.3 Å². The molecule has 6 nitrogen and oxygen atoms in total. The van der Waals surface area contributed by atoms with Crippen LogP contribution in [0.5, 0.6) is 0 Å². The summed E-state index contributed by atoms with van der Waals surface area (Å²) in [5.41, 5.74) is 0.147. The van der Waals surface area contributed by atoms with E-state index in [4.69, 9.17) is 5.26 Å². The second kappa shape index (κ2) is 7.38. The Labute approximate surface area is 148 Å². The normalized spacial score (nSPS) is 21.2. The van der Waals surface area contributed by atoms with Gasteiger partial charge in [0, 0.05) is 32.6 Å². The highest BCUT2D eigenvalue weighted by molar-refractivity contribution is 7.89. The average Bonchev–Trinajstić information content (AvgIpc) is 3.14. The number of sulfonamides is 1. The number of carbonyl (C=O) groups is 1. The summed E-state index contributed by atoms with van der Waals surface area (Å²) >= 11 is 0. The van der Waals surface area contributed by atoms with Gasteiger partial charge in [-0.2, -0.15) is 9.57 Å². The second-order valence-corrected chi connectivity index (χ2v) is 8.27. The van der Waals surface area contributed by atoms with Crippen LogP contribution in [0.1, 0.15) is 24.8 Å². The highest BCUT2D eigenvalue weighted by Gasteiger charge is 2.32. The molecule has 7 heteroatoms. The van der Waals surface area contributed by atoms with E-state index in [0.29, 0.717) is 25.4 Å². The van der Waals surface area contributed by atoms with Crippen molar-refractivity contribution >= 4 is 15.9 Å². The van der Waals surface area contributed by atoms with Crippen molar-refractivity contribution in [1.82, 2.24) is 9.21 Å². The Morgan fingerprint density at radius 3 is 2.56 bits per heavy atom. The minimum atomic E-state index is -3.71. The van der Waals surface area contributed by atoms with Crippen molar-refractivity contribution in [2.24, 2.45) is 5.92 Å². The molecule has 0 unspecified atom stereocenters. The summed E-state index contributed by atoms with van der Waals surface area (Å²) in [6.07, 6.45) is 6.75. The Morgan fingerprint density at radius 1 is 1.20 bits per heavy atom. The van der Waals surface area contributed by atoms with Crippen LogP contribution >= 0.6 is 0 Å². The number of benzene rings is 1. The van der Waals surface area contributed by atoms with Crippen molar-refractivity contribution in [3.8, 4) is 6.07 Å². The minimum Gasteiger partial charge on any atom is -0.340 e. The summed E-state index contributed by atoms with van der Waals surface area (Å²) in [6, 6.07) is 8.15. The van der Waals surface area contributed by atoms with Gasteiger partial charge in [-0.15, -0.1) is 0 Å². The largest absolute Gasteiger partial charge is 0.340 e.